The lowest BCUT2D eigenvalue weighted by molar-refractivity contribution is 0.427. The molecule has 4 heteroatoms. The summed E-state index contributed by atoms with van der Waals surface area (Å²) in [5, 5.41) is 0. The third kappa shape index (κ3) is 2.90. The van der Waals surface area contributed by atoms with E-state index in [9.17, 15) is 8.78 Å². The highest BCUT2D eigenvalue weighted by molar-refractivity contribution is 5.43. The predicted molar refractivity (Wildman–Crippen MR) is 70.2 cm³/mol. The quantitative estimate of drug-likeness (QED) is 0.905. The molecule has 2 nitrogen and oxygen atoms in total. The van der Waals surface area contributed by atoms with Gasteiger partial charge in [0.15, 0.2) is 11.6 Å². The van der Waals surface area contributed by atoms with Gasteiger partial charge in [0, 0.05) is 17.7 Å². The molecule has 2 aromatic carbocycles. The molecule has 0 heterocycles. The van der Waals surface area contributed by atoms with Gasteiger partial charge in [-0.1, -0.05) is 18.2 Å². The SMILES string of the molecule is Cc1ccc(F)cc1Oc1c(F)cccc1[C@H](C)N. The first-order valence-electron chi connectivity index (χ1n) is 5.97. The lowest BCUT2D eigenvalue weighted by atomic mass is 10.1. The fourth-order valence-electron chi connectivity index (χ4n) is 1.79. The predicted octanol–water partition coefficient (Wildman–Crippen LogP) is 4.09. The molecule has 0 saturated carbocycles. The van der Waals surface area contributed by atoms with Gasteiger partial charge in [-0.05, 0) is 31.5 Å². The number of nitrogens with two attached hydrogens (primary N) is 1. The molecule has 0 aromatic heterocycles. The number of ether oxygens (including phenoxy) is 1. The first kappa shape index (κ1) is 13.5. The Morgan fingerprint density at radius 2 is 1.89 bits per heavy atom. The lowest BCUT2D eigenvalue weighted by Gasteiger charge is -2.15. The smallest absolute Gasteiger partial charge is 0.167 e. The van der Waals surface area contributed by atoms with Gasteiger partial charge in [-0.3, -0.25) is 0 Å². The van der Waals surface area contributed by atoms with E-state index in [0.29, 0.717) is 5.56 Å². The van der Waals surface area contributed by atoms with E-state index < -0.39 is 11.6 Å². The third-order valence-electron chi connectivity index (χ3n) is 2.85. The maximum Gasteiger partial charge on any atom is 0.167 e. The molecule has 0 saturated heterocycles. The van der Waals surface area contributed by atoms with E-state index in [1.165, 1.54) is 18.2 Å². The van der Waals surface area contributed by atoms with Gasteiger partial charge < -0.3 is 10.5 Å². The Kier molecular flexibility index (Phi) is 3.81. The van der Waals surface area contributed by atoms with Gasteiger partial charge in [-0.15, -0.1) is 0 Å². The van der Waals surface area contributed by atoms with Crippen LogP contribution in [0.4, 0.5) is 8.78 Å². The van der Waals surface area contributed by atoms with Crippen LogP contribution in [0.25, 0.3) is 0 Å². The van der Waals surface area contributed by atoms with Crippen molar-refractivity contribution in [2.45, 2.75) is 19.9 Å². The van der Waals surface area contributed by atoms with Crippen LogP contribution >= 0.6 is 0 Å². The van der Waals surface area contributed by atoms with Crippen LogP contribution in [0.2, 0.25) is 0 Å². The molecule has 19 heavy (non-hydrogen) atoms. The molecule has 0 amide bonds. The monoisotopic (exact) mass is 263 g/mol. The van der Waals surface area contributed by atoms with Crippen molar-refractivity contribution in [3.05, 3.63) is 59.2 Å². The van der Waals surface area contributed by atoms with E-state index in [1.54, 1.807) is 32.0 Å². The van der Waals surface area contributed by atoms with Crippen molar-refractivity contribution < 1.29 is 13.5 Å². The molecule has 0 aliphatic carbocycles. The highest BCUT2D eigenvalue weighted by Gasteiger charge is 2.15. The van der Waals surface area contributed by atoms with Crippen LogP contribution in [0, 0.1) is 18.6 Å². The topological polar surface area (TPSA) is 35.2 Å². The van der Waals surface area contributed by atoms with Gasteiger partial charge in [0.1, 0.15) is 11.6 Å². The summed E-state index contributed by atoms with van der Waals surface area (Å²) in [7, 11) is 0. The van der Waals surface area contributed by atoms with Crippen LogP contribution in [-0.2, 0) is 0 Å². The van der Waals surface area contributed by atoms with Gasteiger partial charge in [-0.2, -0.15) is 0 Å². The Labute approximate surface area is 110 Å². The molecule has 0 spiro atoms. The number of hydrogen-bond acceptors (Lipinski definition) is 2. The Hall–Kier alpha value is -1.94. The molecule has 2 rings (SSSR count). The summed E-state index contributed by atoms with van der Waals surface area (Å²) < 4.78 is 32.6. The average molecular weight is 263 g/mol. The second kappa shape index (κ2) is 5.36. The Morgan fingerprint density at radius 3 is 2.58 bits per heavy atom. The molecular weight excluding hydrogens is 248 g/mol. The first-order valence-corrected chi connectivity index (χ1v) is 5.97. The number of benzene rings is 2. The molecule has 0 aliphatic heterocycles. The standard InChI is InChI=1S/C15H15F2NO/c1-9-6-7-11(16)8-14(9)19-15-12(10(2)18)4-3-5-13(15)17/h3-8,10H,18H2,1-2H3/t10-/m0/s1. The average Bonchev–Trinajstić information content (AvgIpc) is 2.35. The van der Waals surface area contributed by atoms with E-state index in [0.717, 1.165) is 5.56 Å². The van der Waals surface area contributed by atoms with Gasteiger partial charge in [0.05, 0.1) is 0 Å². The Balaban J connectivity index is 2.46. The third-order valence-corrected chi connectivity index (χ3v) is 2.85. The van der Waals surface area contributed by atoms with Crippen molar-refractivity contribution in [3.8, 4) is 11.5 Å². The largest absolute Gasteiger partial charge is 0.454 e. The number of aryl methyl sites for hydroxylation is 1. The molecule has 0 radical (unpaired) electrons. The summed E-state index contributed by atoms with van der Waals surface area (Å²) >= 11 is 0. The number of halogens is 2. The first-order chi connectivity index (χ1) is 8.99. The van der Waals surface area contributed by atoms with E-state index in [4.69, 9.17) is 10.5 Å². The summed E-state index contributed by atoms with van der Waals surface area (Å²) in [4.78, 5) is 0. The molecule has 2 N–H and O–H groups in total. The fourth-order valence-corrected chi connectivity index (χ4v) is 1.79. The number of rotatable bonds is 3. The normalized spacial score (nSPS) is 12.3. The summed E-state index contributed by atoms with van der Waals surface area (Å²) in [6.45, 7) is 3.50. The van der Waals surface area contributed by atoms with Crippen molar-refractivity contribution in [1.82, 2.24) is 0 Å². The van der Waals surface area contributed by atoms with Gasteiger partial charge in [0.2, 0.25) is 0 Å². The molecule has 0 aliphatic rings. The van der Waals surface area contributed by atoms with E-state index in [1.807, 2.05) is 0 Å². The van der Waals surface area contributed by atoms with Crippen LogP contribution < -0.4 is 10.5 Å². The Bertz CT molecular complexity index is 597. The lowest BCUT2D eigenvalue weighted by Crippen LogP contribution is -2.08. The van der Waals surface area contributed by atoms with Crippen LogP contribution in [-0.4, -0.2) is 0 Å². The zero-order chi connectivity index (χ0) is 14.0. The van der Waals surface area contributed by atoms with Crippen LogP contribution in [0.3, 0.4) is 0 Å². The van der Waals surface area contributed by atoms with Crippen LogP contribution in [0.1, 0.15) is 24.1 Å². The van der Waals surface area contributed by atoms with Crippen molar-refractivity contribution >= 4 is 0 Å². The van der Waals surface area contributed by atoms with E-state index in [2.05, 4.69) is 0 Å². The van der Waals surface area contributed by atoms with Crippen molar-refractivity contribution in [2.75, 3.05) is 0 Å². The molecule has 0 bridgehead atoms. The maximum absolute atomic E-state index is 13.9. The summed E-state index contributed by atoms with van der Waals surface area (Å²) in [6.07, 6.45) is 0. The summed E-state index contributed by atoms with van der Waals surface area (Å²) in [5.41, 5.74) is 7.05. The highest BCUT2D eigenvalue weighted by atomic mass is 19.1. The number of para-hydroxylation sites is 1. The summed E-state index contributed by atoms with van der Waals surface area (Å²) in [5.74, 6) is -0.615. The number of hydrogen-bond donors (Lipinski definition) is 1. The molecule has 100 valence electrons. The molecular formula is C15H15F2NO. The summed E-state index contributed by atoms with van der Waals surface area (Å²) in [6, 6.07) is 8.31. The minimum atomic E-state index is -0.515. The maximum atomic E-state index is 13.9. The zero-order valence-corrected chi connectivity index (χ0v) is 10.8. The second-order valence-corrected chi connectivity index (χ2v) is 4.46. The Morgan fingerprint density at radius 1 is 1.16 bits per heavy atom. The van der Waals surface area contributed by atoms with Crippen molar-refractivity contribution in [1.29, 1.82) is 0 Å². The molecule has 0 fully saturated rings. The minimum absolute atomic E-state index is 0.0474. The molecule has 2 aromatic rings. The van der Waals surface area contributed by atoms with Crippen LogP contribution in [0.5, 0.6) is 11.5 Å². The van der Waals surface area contributed by atoms with Gasteiger partial charge >= 0.3 is 0 Å². The molecule has 1 atom stereocenters. The van der Waals surface area contributed by atoms with Gasteiger partial charge in [-0.25, -0.2) is 8.78 Å². The van der Waals surface area contributed by atoms with Gasteiger partial charge in [0.25, 0.3) is 0 Å². The van der Waals surface area contributed by atoms with E-state index in [-0.39, 0.29) is 17.5 Å². The molecule has 0 unspecified atom stereocenters. The van der Waals surface area contributed by atoms with E-state index >= 15 is 0 Å². The van der Waals surface area contributed by atoms with Crippen LogP contribution in [0.15, 0.2) is 36.4 Å². The highest BCUT2D eigenvalue weighted by Crippen LogP contribution is 2.33. The minimum Gasteiger partial charge on any atom is -0.454 e. The van der Waals surface area contributed by atoms with Crippen molar-refractivity contribution in [2.24, 2.45) is 5.73 Å². The van der Waals surface area contributed by atoms with Crippen molar-refractivity contribution in [3.63, 3.8) is 0 Å². The second-order valence-electron chi connectivity index (χ2n) is 4.46. The zero-order valence-electron chi connectivity index (χ0n) is 10.8. The fraction of sp³-hybridized carbons (Fsp3) is 0.200.